The van der Waals surface area contributed by atoms with Gasteiger partial charge in [-0.15, -0.1) is 6.58 Å². The molecule has 0 aliphatic carbocycles. The summed E-state index contributed by atoms with van der Waals surface area (Å²) in [5.41, 5.74) is 3.02. The van der Waals surface area contributed by atoms with E-state index in [0.717, 1.165) is 29.2 Å². The SMILES string of the molecule is C=CCN1C(=O)/C(=C2/C=Cc3cc(OC)ccc3N2CC)SC1=S. The van der Waals surface area contributed by atoms with Gasteiger partial charge in [-0.3, -0.25) is 9.69 Å². The molecule has 2 aliphatic rings. The van der Waals surface area contributed by atoms with Crippen molar-refractivity contribution in [1.82, 2.24) is 4.90 Å². The maximum Gasteiger partial charge on any atom is 0.268 e. The average Bonchev–Trinajstić information content (AvgIpc) is 2.88. The molecule has 2 heterocycles. The van der Waals surface area contributed by atoms with E-state index in [-0.39, 0.29) is 5.91 Å². The standard InChI is InChI=1S/C18H18N2O2S2/c1-4-10-20-17(21)16(24-18(20)23)15-8-6-12-11-13(22-3)7-9-14(12)19(15)5-2/h4,6-9,11H,1,5,10H2,2-3H3/b16-15+. The normalized spacial score (nSPS) is 19.8. The highest BCUT2D eigenvalue weighted by Gasteiger charge is 2.35. The third kappa shape index (κ3) is 2.76. The Morgan fingerprint density at radius 2 is 2.12 bits per heavy atom. The lowest BCUT2D eigenvalue weighted by Crippen LogP contribution is -2.30. The first kappa shape index (κ1) is 16.8. The molecule has 0 bridgehead atoms. The predicted molar refractivity (Wildman–Crippen MR) is 104 cm³/mol. The molecule has 3 rings (SSSR count). The number of fused-ring (bicyclic) bond motifs is 1. The minimum Gasteiger partial charge on any atom is -0.497 e. The number of hydrogen-bond acceptors (Lipinski definition) is 5. The van der Waals surface area contributed by atoms with Gasteiger partial charge in [0.2, 0.25) is 0 Å². The highest BCUT2D eigenvalue weighted by atomic mass is 32.2. The minimum absolute atomic E-state index is 0.0556. The fourth-order valence-corrected chi connectivity index (χ4v) is 4.14. The first-order valence-corrected chi connectivity index (χ1v) is 8.85. The third-order valence-corrected chi connectivity index (χ3v) is 5.40. The van der Waals surface area contributed by atoms with E-state index in [0.29, 0.717) is 15.8 Å². The summed E-state index contributed by atoms with van der Waals surface area (Å²) in [5.74, 6) is 0.759. The fraction of sp³-hybridized carbons (Fsp3) is 0.222. The zero-order chi connectivity index (χ0) is 17.3. The summed E-state index contributed by atoms with van der Waals surface area (Å²) >= 11 is 6.69. The molecule has 1 aromatic carbocycles. The summed E-state index contributed by atoms with van der Waals surface area (Å²) in [4.78, 5) is 17.1. The van der Waals surface area contributed by atoms with E-state index >= 15 is 0 Å². The third-order valence-electron chi connectivity index (χ3n) is 3.95. The monoisotopic (exact) mass is 358 g/mol. The number of hydrogen-bond donors (Lipinski definition) is 0. The van der Waals surface area contributed by atoms with E-state index in [9.17, 15) is 4.79 Å². The van der Waals surface area contributed by atoms with Crippen molar-refractivity contribution >= 4 is 46.0 Å². The Morgan fingerprint density at radius 1 is 1.33 bits per heavy atom. The Morgan fingerprint density at radius 3 is 2.79 bits per heavy atom. The van der Waals surface area contributed by atoms with Gasteiger partial charge in [0, 0.05) is 24.3 Å². The van der Waals surface area contributed by atoms with Crippen molar-refractivity contribution in [2.45, 2.75) is 6.92 Å². The van der Waals surface area contributed by atoms with Crippen molar-refractivity contribution in [3.05, 3.63) is 53.1 Å². The summed E-state index contributed by atoms with van der Waals surface area (Å²) in [6, 6.07) is 5.95. The van der Waals surface area contributed by atoms with Crippen LogP contribution in [0.2, 0.25) is 0 Å². The second-order valence-corrected chi connectivity index (χ2v) is 6.93. The first-order valence-electron chi connectivity index (χ1n) is 7.63. The van der Waals surface area contributed by atoms with Gasteiger partial charge >= 0.3 is 0 Å². The van der Waals surface area contributed by atoms with Crippen molar-refractivity contribution in [3.8, 4) is 5.75 Å². The van der Waals surface area contributed by atoms with Crippen molar-refractivity contribution in [3.63, 3.8) is 0 Å². The molecule has 24 heavy (non-hydrogen) atoms. The summed E-state index contributed by atoms with van der Waals surface area (Å²) < 4.78 is 5.87. The van der Waals surface area contributed by atoms with Crippen LogP contribution in [0.15, 0.2) is 47.5 Å². The number of allylic oxidation sites excluding steroid dienone is 1. The summed E-state index contributed by atoms with van der Waals surface area (Å²) in [5, 5.41) is 0. The number of carbonyl (C=O) groups is 1. The molecule has 0 atom stereocenters. The lowest BCUT2D eigenvalue weighted by atomic mass is 10.0. The number of methoxy groups -OCH3 is 1. The number of thioether (sulfide) groups is 1. The van der Waals surface area contributed by atoms with Crippen LogP contribution in [0.3, 0.4) is 0 Å². The van der Waals surface area contributed by atoms with E-state index in [1.54, 1.807) is 18.1 Å². The molecule has 0 saturated carbocycles. The first-order chi connectivity index (χ1) is 11.6. The Labute approximate surface area is 151 Å². The summed E-state index contributed by atoms with van der Waals surface area (Å²) in [7, 11) is 1.65. The van der Waals surface area contributed by atoms with Gasteiger partial charge < -0.3 is 9.64 Å². The number of benzene rings is 1. The highest BCUT2D eigenvalue weighted by Crippen LogP contribution is 2.40. The molecule has 1 aromatic rings. The Kier molecular flexibility index (Phi) is 4.78. The number of carbonyl (C=O) groups excluding carboxylic acids is 1. The van der Waals surface area contributed by atoms with E-state index in [2.05, 4.69) is 18.4 Å². The number of ether oxygens (including phenoxy) is 1. The molecule has 6 heteroatoms. The molecule has 4 nitrogen and oxygen atoms in total. The summed E-state index contributed by atoms with van der Waals surface area (Å²) in [6.07, 6.45) is 5.68. The van der Waals surface area contributed by atoms with Gasteiger partial charge in [0.1, 0.15) is 15.0 Å². The van der Waals surface area contributed by atoms with E-state index in [1.165, 1.54) is 11.8 Å². The van der Waals surface area contributed by atoms with Crippen LogP contribution in [0.25, 0.3) is 6.08 Å². The fourth-order valence-electron chi connectivity index (χ4n) is 2.81. The molecule has 1 saturated heterocycles. The average molecular weight is 358 g/mol. The van der Waals surface area contributed by atoms with Crippen LogP contribution in [-0.2, 0) is 4.79 Å². The van der Waals surface area contributed by atoms with Gasteiger partial charge in [0.15, 0.2) is 0 Å². The number of amides is 1. The van der Waals surface area contributed by atoms with Crippen LogP contribution in [0.4, 0.5) is 5.69 Å². The second-order valence-electron chi connectivity index (χ2n) is 5.29. The van der Waals surface area contributed by atoms with Crippen LogP contribution in [0, 0.1) is 0 Å². The van der Waals surface area contributed by atoms with Crippen molar-refractivity contribution in [2.24, 2.45) is 0 Å². The molecule has 1 fully saturated rings. The van der Waals surface area contributed by atoms with Gasteiger partial charge in [-0.05, 0) is 31.2 Å². The van der Waals surface area contributed by atoms with Crippen molar-refractivity contribution in [2.75, 3.05) is 25.1 Å². The van der Waals surface area contributed by atoms with Gasteiger partial charge in [0.05, 0.1) is 12.8 Å². The van der Waals surface area contributed by atoms with E-state index < -0.39 is 0 Å². The van der Waals surface area contributed by atoms with Gasteiger partial charge in [-0.1, -0.05) is 36.1 Å². The minimum atomic E-state index is -0.0556. The van der Waals surface area contributed by atoms with Crippen LogP contribution in [0.1, 0.15) is 12.5 Å². The number of thiocarbonyl (C=S) groups is 1. The van der Waals surface area contributed by atoms with Crippen LogP contribution in [0.5, 0.6) is 5.75 Å². The van der Waals surface area contributed by atoms with Gasteiger partial charge in [-0.25, -0.2) is 0 Å². The molecule has 2 aliphatic heterocycles. The quantitative estimate of drug-likeness (QED) is 0.464. The molecule has 1 amide bonds. The summed E-state index contributed by atoms with van der Waals surface area (Å²) in [6.45, 7) is 6.95. The lowest BCUT2D eigenvalue weighted by molar-refractivity contribution is -0.121. The predicted octanol–water partition coefficient (Wildman–Crippen LogP) is 3.81. The molecule has 0 spiro atoms. The maximum atomic E-state index is 12.7. The van der Waals surface area contributed by atoms with E-state index in [1.807, 2.05) is 30.4 Å². The van der Waals surface area contributed by atoms with Gasteiger partial charge in [0.25, 0.3) is 5.91 Å². The van der Waals surface area contributed by atoms with Crippen LogP contribution in [-0.4, -0.2) is 35.3 Å². The molecule has 0 aromatic heterocycles. The van der Waals surface area contributed by atoms with Crippen molar-refractivity contribution < 1.29 is 9.53 Å². The Hall–Kier alpha value is -2.05. The van der Waals surface area contributed by atoms with Gasteiger partial charge in [-0.2, -0.15) is 0 Å². The molecule has 0 radical (unpaired) electrons. The number of nitrogens with zero attached hydrogens (tertiary/aromatic N) is 2. The second kappa shape index (κ2) is 6.83. The molecular formula is C18H18N2O2S2. The molecule has 0 unspecified atom stereocenters. The largest absolute Gasteiger partial charge is 0.497 e. The highest BCUT2D eigenvalue weighted by molar-refractivity contribution is 8.26. The van der Waals surface area contributed by atoms with Crippen LogP contribution < -0.4 is 9.64 Å². The topological polar surface area (TPSA) is 32.8 Å². The zero-order valence-corrected chi connectivity index (χ0v) is 15.2. The van der Waals surface area contributed by atoms with Crippen LogP contribution >= 0.6 is 24.0 Å². The molecule has 0 N–H and O–H groups in total. The number of rotatable bonds is 4. The smallest absolute Gasteiger partial charge is 0.268 e. The number of anilines is 1. The Bertz CT molecular complexity index is 783. The number of likely N-dealkylation sites (N-methyl/N-ethyl adjacent to an activating group) is 1. The van der Waals surface area contributed by atoms with E-state index in [4.69, 9.17) is 17.0 Å². The maximum absolute atomic E-state index is 12.7. The zero-order valence-electron chi connectivity index (χ0n) is 13.6. The molecular weight excluding hydrogens is 340 g/mol. The lowest BCUT2D eigenvalue weighted by Gasteiger charge is -2.30. The molecule has 124 valence electrons. The van der Waals surface area contributed by atoms with Crippen molar-refractivity contribution in [1.29, 1.82) is 0 Å². The Balaban J connectivity index is 2.05.